The molecule has 0 heterocycles. The number of rotatable bonds is 4. The molecule has 2 atom stereocenters. The normalized spacial score (nSPS) is 24.9. The van der Waals surface area contributed by atoms with Crippen LogP contribution in [-0.2, 0) is 23.0 Å². The molecule has 0 spiro atoms. The van der Waals surface area contributed by atoms with E-state index in [2.05, 4.69) is 77.5 Å². The molecule has 4 rings (SSSR count). The molecule has 0 radical (unpaired) electrons. The summed E-state index contributed by atoms with van der Waals surface area (Å²) >= 11 is 3.66. The third kappa shape index (κ3) is 3.17. The Kier molecular flexibility index (Phi) is 4.73. The van der Waals surface area contributed by atoms with E-state index in [1.165, 1.54) is 34.2 Å². The molecule has 2 heteroatoms. The molecule has 0 N–H and O–H groups in total. The maximum atomic E-state index is 5.89. The molecule has 0 saturated heterocycles. The Labute approximate surface area is 159 Å². The van der Waals surface area contributed by atoms with Crippen LogP contribution < -0.4 is 0 Å². The van der Waals surface area contributed by atoms with Crippen LogP contribution in [-0.4, -0.2) is 6.61 Å². The number of allylic oxidation sites excluding steroid dienone is 2. The minimum absolute atomic E-state index is 0.205. The number of benzene rings is 2. The second kappa shape index (κ2) is 6.99. The van der Waals surface area contributed by atoms with E-state index >= 15 is 0 Å². The first-order valence-corrected chi connectivity index (χ1v) is 10.2. The van der Waals surface area contributed by atoms with Crippen LogP contribution >= 0.6 is 15.9 Å². The maximum absolute atomic E-state index is 5.89. The molecule has 0 aliphatic heterocycles. The van der Waals surface area contributed by atoms with Gasteiger partial charge in [-0.15, -0.1) is 0 Å². The molecule has 0 fully saturated rings. The SMILES string of the molecule is CCOC1=CC2CCc3cc(Br)ccc3[C@]2(Cc2ccccc2)CC1. The molecule has 2 aromatic carbocycles. The van der Waals surface area contributed by atoms with Crippen LogP contribution in [0.4, 0.5) is 0 Å². The van der Waals surface area contributed by atoms with E-state index in [1.807, 2.05) is 0 Å². The Bertz CT molecular complexity index is 780. The summed E-state index contributed by atoms with van der Waals surface area (Å²) in [5, 5.41) is 0. The van der Waals surface area contributed by atoms with Crippen LogP contribution in [0.5, 0.6) is 0 Å². The first-order chi connectivity index (χ1) is 12.2. The lowest BCUT2D eigenvalue weighted by atomic mass is 9.57. The van der Waals surface area contributed by atoms with Crippen LogP contribution in [0, 0.1) is 5.92 Å². The first-order valence-electron chi connectivity index (χ1n) is 9.37. The summed E-state index contributed by atoms with van der Waals surface area (Å²) in [7, 11) is 0. The zero-order valence-corrected chi connectivity index (χ0v) is 16.4. The lowest BCUT2D eigenvalue weighted by Crippen LogP contribution is -2.43. The van der Waals surface area contributed by atoms with E-state index in [-0.39, 0.29) is 5.41 Å². The summed E-state index contributed by atoms with van der Waals surface area (Å²) in [4.78, 5) is 0. The van der Waals surface area contributed by atoms with E-state index in [1.54, 1.807) is 5.56 Å². The molecular formula is C23H25BrO. The number of fused-ring (bicyclic) bond motifs is 3. The van der Waals surface area contributed by atoms with Gasteiger partial charge in [0, 0.05) is 16.3 Å². The predicted octanol–water partition coefficient (Wildman–Crippen LogP) is 6.21. The molecule has 2 aromatic rings. The van der Waals surface area contributed by atoms with Gasteiger partial charge < -0.3 is 4.74 Å². The van der Waals surface area contributed by atoms with Crippen LogP contribution in [0.1, 0.15) is 42.9 Å². The smallest absolute Gasteiger partial charge is 0.0923 e. The lowest BCUT2D eigenvalue weighted by Gasteiger charge is -2.47. The molecule has 0 amide bonds. The average molecular weight is 397 g/mol. The van der Waals surface area contributed by atoms with Crippen LogP contribution in [0.2, 0.25) is 0 Å². The van der Waals surface area contributed by atoms with Gasteiger partial charge >= 0.3 is 0 Å². The summed E-state index contributed by atoms with van der Waals surface area (Å²) < 4.78 is 7.08. The number of halogens is 1. The van der Waals surface area contributed by atoms with Crippen molar-refractivity contribution in [3.05, 3.63) is 81.5 Å². The van der Waals surface area contributed by atoms with Gasteiger partial charge in [0.1, 0.15) is 0 Å². The Hall–Kier alpha value is -1.54. The molecule has 2 aliphatic carbocycles. The number of aryl methyl sites for hydroxylation is 1. The largest absolute Gasteiger partial charge is 0.499 e. The standard InChI is InChI=1S/C23H25BrO/c1-2-25-21-12-13-23(16-17-6-4-3-5-7-17)19(15-21)9-8-18-14-20(24)10-11-22(18)23/h3-7,10-11,14-15,19H,2,8-9,12-13,16H2,1H3/t19?,23-/m0/s1. The second-order valence-corrected chi connectivity index (χ2v) is 8.25. The van der Waals surface area contributed by atoms with E-state index in [4.69, 9.17) is 4.74 Å². The molecular weight excluding hydrogens is 372 g/mol. The summed E-state index contributed by atoms with van der Waals surface area (Å²) in [5.74, 6) is 1.77. The Morgan fingerprint density at radius 1 is 1.12 bits per heavy atom. The monoisotopic (exact) mass is 396 g/mol. The van der Waals surface area contributed by atoms with Crippen LogP contribution in [0.25, 0.3) is 0 Å². The summed E-state index contributed by atoms with van der Waals surface area (Å²) in [6.07, 6.45) is 8.16. The van der Waals surface area contributed by atoms with Crippen molar-refractivity contribution in [3.8, 4) is 0 Å². The van der Waals surface area contributed by atoms with Gasteiger partial charge in [-0.1, -0.05) is 52.3 Å². The highest BCUT2D eigenvalue weighted by Crippen LogP contribution is 2.51. The highest BCUT2D eigenvalue weighted by atomic mass is 79.9. The zero-order chi connectivity index (χ0) is 17.3. The number of hydrogen-bond donors (Lipinski definition) is 0. The molecule has 0 bridgehead atoms. The quantitative estimate of drug-likeness (QED) is 0.596. The molecule has 2 aliphatic rings. The fourth-order valence-electron chi connectivity index (χ4n) is 4.84. The molecule has 25 heavy (non-hydrogen) atoms. The van der Waals surface area contributed by atoms with Gasteiger partial charge in [-0.2, -0.15) is 0 Å². The predicted molar refractivity (Wildman–Crippen MR) is 107 cm³/mol. The molecule has 0 aromatic heterocycles. The zero-order valence-electron chi connectivity index (χ0n) is 14.8. The van der Waals surface area contributed by atoms with Gasteiger partial charge in [0.15, 0.2) is 0 Å². The van der Waals surface area contributed by atoms with Crippen molar-refractivity contribution in [1.29, 1.82) is 0 Å². The molecule has 130 valence electrons. The lowest BCUT2D eigenvalue weighted by molar-refractivity contribution is 0.164. The highest BCUT2D eigenvalue weighted by molar-refractivity contribution is 9.10. The Morgan fingerprint density at radius 2 is 1.96 bits per heavy atom. The van der Waals surface area contributed by atoms with Gasteiger partial charge in [0.2, 0.25) is 0 Å². The van der Waals surface area contributed by atoms with E-state index in [0.29, 0.717) is 5.92 Å². The molecule has 0 saturated carbocycles. The second-order valence-electron chi connectivity index (χ2n) is 7.33. The topological polar surface area (TPSA) is 9.23 Å². The van der Waals surface area contributed by atoms with Crippen molar-refractivity contribution in [2.75, 3.05) is 6.61 Å². The fourth-order valence-corrected chi connectivity index (χ4v) is 5.25. The minimum Gasteiger partial charge on any atom is -0.499 e. The van der Waals surface area contributed by atoms with Gasteiger partial charge in [-0.05, 0) is 73.4 Å². The summed E-state index contributed by atoms with van der Waals surface area (Å²) in [6.45, 7) is 2.86. The van der Waals surface area contributed by atoms with Gasteiger partial charge in [0.25, 0.3) is 0 Å². The van der Waals surface area contributed by atoms with Crippen LogP contribution in [0.3, 0.4) is 0 Å². The van der Waals surface area contributed by atoms with Crippen molar-refractivity contribution >= 4 is 15.9 Å². The highest BCUT2D eigenvalue weighted by Gasteiger charge is 2.45. The van der Waals surface area contributed by atoms with Crippen molar-refractivity contribution < 1.29 is 4.74 Å². The number of ether oxygens (including phenoxy) is 1. The average Bonchev–Trinajstić information content (AvgIpc) is 2.63. The molecule has 1 nitrogen and oxygen atoms in total. The Balaban J connectivity index is 1.79. The van der Waals surface area contributed by atoms with Gasteiger partial charge in [-0.3, -0.25) is 0 Å². The first kappa shape index (κ1) is 16.9. The van der Waals surface area contributed by atoms with Crippen molar-refractivity contribution in [2.24, 2.45) is 5.92 Å². The maximum Gasteiger partial charge on any atom is 0.0923 e. The van der Waals surface area contributed by atoms with Crippen molar-refractivity contribution in [1.82, 2.24) is 0 Å². The van der Waals surface area contributed by atoms with Crippen molar-refractivity contribution in [2.45, 2.75) is 44.4 Å². The number of hydrogen-bond acceptors (Lipinski definition) is 1. The van der Waals surface area contributed by atoms with Crippen LogP contribution in [0.15, 0.2) is 64.8 Å². The van der Waals surface area contributed by atoms with E-state index in [0.717, 1.165) is 25.9 Å². The van der Waals surface area contributed by atoms with E-state index in [9.17, 15) is 0 Å². The third-order valence-electron chi connectivity index (χ3n) is 5.93. The summed E-state index contributed by atoms with van der Waals surface area (Å²) in [5.41, 5.74) is 4.73. The fraction of sp³-hybridized carbons (Fsp3) is 0.391. The van der Waals surface area contributed by atoms with Gasteiger partial charge in [0.05, 0.1) is 12.4 Å². The summed E-state index contributed by atoms with van der Waals surface area (Å²) in [6, 6.07) is 17.9. The van der Waals surface area contributed by atoms with Crippen molar-refractivity contribution in [3.63, 3.8) is 0 Å². The van der Waals surface area contributed by atoms with Gasteiger partial charge in [-0.25, -0.2) is 0 Å². The minimum atomic E-state index is 0.205. The Morgan fingerprint density at radius 3 is 2.76 bits per heavy atom. The van der Waals surface area contributed by atoms with E-state index < -0.39 is 0 Å². The molecule has 1 unspecified atom stereocenters. The third-order valence-corrected chi connectivity index (χ3v) is 6.43.